The van der Waals surface area contributed by atoms with Crippen molar-refractivity contribution in [3.63, 3.8) is 0 Å². The van der Waals surface area contributed by atoms with E-state index >= 15 is 0 Å². The summed E-state index contributed by atoms with van der Waals surface area (Å²) in [7, 11) is -28.5. The molecule has 4 aromatic rings. The van der Waals surface area contributed by atoms with Gasteiger partial charge in [0.15, 0.2) is 54.2 Å². The Morgan fingerprint density at radius 1 is 0.471 bits per heavy atom. The molecule has 32 nitrogen and oxygen atoms in total. The molecular weight excluding hydrogens is 1110 g/mol. The van der Waals surface area contributed by atoms with Crippen LogP contribution in [-0.2, 0) is 91.4 Å². The molecule has 0 aliphatic rings. The zero-order chi connectivity index (χ0) is 52.1. The highest BCUT2D eigenvalue weighted by atomic mass is 32.3. The fraction of sp³-hybridized carbons (Fsp3) is 0.200. The summed E-state index contributed by atoms with van der Waals surface area (Å²) in [5, 5.41) is 46.1. The fourth-order valence-electron chi connectivity index (χ4n) is 4.97. The maximum Gasteiger partial charge on any atom is 0.397 e. The maximum atomic E-state index is 12.9. The summed E-state index contributed by atoms with van der Waals surface area (Å²) >= 11 is 0.226. The summed E-state index contributed by atoms with van der Waals surface area (Å²) < 4.78 is 198. The van der Waals surface area contributed by atoms with Gasteiger partial charge in [0.25, 0.3) is 20.2 Å². The first-order valence-electron chi connectivity index (χ1n) is 17.7. The van der Waals surface area contributed by atoms with Crippen molar-refractivity contribution >= 4 is 130 Å². The molecule has 0 amide bonds. The topological polar surface area (TPSA) is 497 Å². The lowest BCUT2D eigenvalue weighted by atomic mass is 10.2. The van der Waals surface area contributed by atoms with Gasteiger partial charge in [-0.2, -0.15) is 30.4 Å². The van der Waals surface area contributed by atoms with Crippen LogP contribution in [0, 0.1) is 0 Å². The summed E-state index contributed by atoms with van der Waals surface area (Å²) in [5.74, 6) is -2.43. The second-order valence-electron chi connectivity index (χ2n) is 12.7. The third kappa shape index (κ3) is 16.9. The summed E-state index contributed by atoms with van der Waals surface area (Å²) in [6.45, 7) is -2.06. The predicted octanol–water partition coefficient (Wildman–Crippen LogP) is 4.73. The van der Waals surface area contributed by atoms with E-state index < -0.39 is 157 Å². The van der Waals surface area contributed by atoms with Crippen LogP contribution >= 0.6 is 24.6 Å². The van der Waals surface area contributed by atoms with Gasteiger partial charge in [0.05, 0.1) is 68.8 Å². The Morgan fingerprint density at radius 3 is 1.29 bits per heavy atom. The van der Waals surface area contributed by atoms with E-state index in [1.54, 1.807) is 0 Å². The monoisotopic (exact) mass is 1140 g/mol. The van der Waals surface area contributed by atoms with Crippen molar-refractivity contribution in [3.8, 4) is 0 Å². The number of benzene rings is 4. The van der Waals surface area contributed by atoms with E-state index in [1.807, 2.05) is 0 Å². The fourth-order valence-corrected chi connectivity index (χ4v) is 10.8. The van der Waals surface area contributed by atoms with E-state index in [-0.39, 0.29) is 35.2 Å². The lowest BCUT2D eigenvalue weighted by Crippen LogP contribution is -2.16. The Morgan fingerprint density at radius 2 is 0.857 bits per heavy atom. The van der Waals surface area contributed by atoms with Gasteiger partial charge in [-0.25, -0.2) is 40.0 Å². The van der Waals surface area contributed by atoms with Gasteiger partial charge in [0.2, 0.25) is 0 Å². The molecule has 0 spiro atoms. The molecule has 4 aromatic carbocycles. The van der Waals surface area contributed by atoms with E-state index in [1.165, 1.54) is 12.1 Å². The van der Waals surface area contributed by atoms with Gasteiger partial charge in [0, 0.05) is 0 Å². The highest BCUT2D eigenvalue weighted by molar-refractivity contribution is 7.92. The number of hydrogen-bond acceptors (Lipinski definition) is 31. The Kier molecular flexibility index (Phi) is 20.3. The number of hydrogen-bond donors (Lipinski definition) is 7. The van der Waals surface area contributed by atoms with Crippen LogP contribution < -0.4 is 11.5 Å². The molecule has 9 N–H and O–H groups in total. The Balaban J connectivity index is 1.83. The van der Waals surface area contributed by atoms with Crippen molar-refractivity contribution in [3.05, 3.63) is 66.7 Å². The number of rotatable bonds is 27. The summed E-state index contributed by atoms with van der Waals surface area (Å²) in [6.07, 6.45) is 0. The number of nitrogens with two attached hydrogens (primary N) is 2. The van der Waals surface area contributed by atoms with Crippen molar-refractivity contribution in [2.45, 2.75) is 24.5 Å². The lowest BCUT2D eigenvalue weighted by molar-refractivity contribution is -0.434. The molecular formula is C30H32N8O24S8. The largest absolute Gasteiger partial charge is 0.397 e. The third-order valence-corrected chi connectivity index (χ3v) is 16.2. The van der Waals surface area contributed by atoms with Crippen molar-refractivity contribution in [2.24, 2.45) is 30.7 Å². The summed E-state index contributed by atoms with van der Waals surface area (Å²) in [5.41, 5.74) is 8.58. The number of azo groups is 3. The van der Waals surface area contributed by atoms with E-state index in [4.69, 9.17) is 34.9 Å². The number of nitrogens with zero attached hydrogens (tertiary/aromatic N) is 6. The molecule has 0 aromatic heterocycles. The van der Waals surface area contributed by atoms with Crippen molar-refractivity contribution in [1.82, 2.24) is 0 Å². The molecule has 0 aliphatic heterocycles. The standard InChI is InChI=1S/C30H32N8O24S8/c31-28-24(36-33-18-1-3-19(4-2-18)65(41,42)12-9-56-63-61-59-39)17-25(37-34-22-7-5-20(15-26(22)68(47,48)49)66(43,44)13-10-57-64-62-60-40)29(32)30(28)38-35-23-8-6-21(16-27(23)69(50,51)52)67(45,46)14-11-58-70(53,54)55/h1-8,15-17,39-40H,9-14,31-32H2,(H,47,48,49)(H,50,51,52)(H,53,54,55). The molecule has 4 rings (SSSR count). The molecule has 384 valence electrons. The molecule has 0 radical (unpaired) electrons. The molecule has 0 fully saturated rings. The normalized spacial score (nSPS) is 13.3. The van der Waals surface area contributed by atoms with E-state index in [2.05, 4.69) is 53.6 Å². The van der Waals surface area contributed by atoms with Gasteiger partial charge in [-0.15, -0.1) is 34.2 Å². The van der Waals surface area contributed by atoms with Gasteiger partial charge >= 0.3 is 10.4 Å². The first-order valence-corrected chi connectivity index (χ1v) is 28.3. The van der Waals surface area contributed by atoms with Crippen molar-refractivity contribution in [1.29, 1.82) is 0 Å². The Hall–Kier alpha value is -4.80. The Bertz CT molecular complexity index is 3330. The SMILES string of the molecule is Nc1c(N=Nc2ccc(S(=O)(=O)CCOSOOO)cc2)cc(N=Nc2ccc(S(=O)(=O)CCOSOOO)cc2S(=O)(=O)O)c(N)c1N=Nc1ccc(S(=O)(=O)CCOS(=O)(=O)O)cc1S(=O)(=O)O. The van der Waals surface area contributed by atoms with Crippen molar-refractivity contribution < 1.29 is 106 Å². The third-order valence-electron chi connectivity index (χ3n) is 8.13. The minimum atomic E-state index is -5.35. The summed E-state index contributed by atoms with van der Waals surface area (Å²) in [6, 6.07) is 9.88. The number of sulfone groups is 3. The molecule has 40 heteroatoms. The predicted molar refractivity (Wildman–Crippen MR) is 237 cm³/mol. The quantitative estimate of drug-likeness (QED) is 0.00806. The van der Waals surface area contributed by atoms with Crippen LogP contribution in [0.1, 0.15) is 0 Å². The summed E-state index contributed by atoms with van der Waals surface area (Å²) in [4.78, 5) is -3.91. The van der Waals surface area contributed by atoms with Gasteiger partial charge in [-0.05, 0) is 66.7 Å². The maximum absolute atomic E-state index is 12.9. The van der Waals surface area contributed by atoms with Crippen LogP contribution in [0.4, 0.5) is 45.5 Å². The van der Waals surface area contributed by atoms with Gasteiger partial charge < -0.3 is 11.5 Å². The second-order valence-corrected chi connectivity index (χ2v) is 23.9. The molecule has 0 bridgehead atoms. The average molecular weight is 1150 g/mol. The van der Waals surface area contributed by atoms with E-state index in [9.17, 15) is 59.6 Å². The van der Waals surface area contributed by atoms with Gasteiger partial charge in [-0.1, -0.05) is 10.1 Å². The van der Waals surface area contributed by atoms with E-state index in [0.29, 0.717) is 12.1 Å². The van der Waals surface area contributed by atoms with Crippen LogP contribution in [-0.4, -0.2) is 112 Å². The van der Waals surface area contributed by atoms with Crippen LogP contribution in [0.15, 0.2) is 122 Å². The average Bonchev–Trinajstić information content (AvgIpc) is 3.27. The van der Waals surface area contributed by atoms with Crippen molar-refractivity contribution in [2.75, 3.05) is 48.5 Å². The van der Waals surface area contributed by atoms with Crippen LogP contribution in [0.5, 0.6) is 0 Å². The molecule has 70 heavy (non-hydrogen) atoms. The second kappa shape index (κ2) is 24.6. The molecule has 0 saturated carbocycles. The van der Waals surface area contributed by atoms with Crippen LogP contribution in [0.3, 0.4) is 0 Å². The molecule has 0 aliphatic carbocycles. The highest BCUT2D eigenvalue weighted by Crippen LogP contribution is 2.46. The zero-order valence-electron chi connectivity index (χ0n) is 34.2. The smallest absolute Gasteiger partial charge is 0.395 e. The minimum Gasteiger partial charge on any atom is -0.395 e. The minimum absolute atomic E-state index is 0.00938. The zero-order valence-corrected chi connectivity index (χ0v) is 40.7. The lowest BCUT2D eigenvalue weighted by Gasteiger charge is -2.11. The Labute approximate surface area is 404 Å². The molecule has 0 heterocycles. The number of nitrogen functional groups attached to an aromatic ring is 2. The number of anilines is 2. The molecule has 0 unspecified atom stereocenters. The van der Waals surface area contributed by atoms with Gasteiger partial charge in [-0.3, -0.25) is 22.0 Å². The first-order chi connectivity index (χ1) is 32.6. The van der Waals surface area contributed by atoms with Crippen LogP contribution in [0.2, 0.25) is 0 Å². The van der Waals surface area contributed by atoms with E-state index in [0.717, 1.165) is 42.5 Å². The van der Waals surface area contributed by atoms with Crippen LogP contribution in [0.25, 0.3) is 0 Å². The van der Waals surface area contributed by atoms with Gasteiger partial charge in [0.1, 0.15) is 38.2 Å². The first kappa shape index (κ1) is 57.8. The highest BCUT2D eigenvalue weighted by Gasteiger charge is 2.25. The molecule has 0 saturated heterocycles. The molecule has 0 atom stereocenters.